The van der Waals surface area contributed by atoms with Crippen molar-refractivity contribution in [3.63, 3.8) is 0 Å². The molecule has 2 heterocycles. The Hall–Kier alpha value is -3.31. The summed E-state index contributed by atoms with van der Waals surface area (Å²) in [5, 5.41) is 0.415. The van der Waals surface area contributed by atoms with Crippen molar-refractivity contribution in [3.05, 3.63) is 91.7 Å². The molecule has 0 bridgehead atoms. The van der Waals surface area contributed by atoms with Crippen LogP contribution in [0.5, 0.6) is 5.75 Å². The van der Waals surface area contributed by atoms with E-state index in [2.05, 4.69) is 0 Å². The minimum Gasteiger partial charge on any atom is -0.426 e. The Balaban J connectivity index is 1.34. The largest absolute Gasteiger partial charge is 0.426 e. The third-order valence-electron chi connectivity index (χ3n) is 5.41. The molecule has 0 aliphatic carbocycles. The van der Waals surface area contributed by atoms with E-state index in [0.717, 1.165) is 23.1 Å². The van der Waals surface area contributed by atoms with Crippen LogP contribution in [0.15, 0.2) is 74.8 Å². The second kappa shape index (κ2) is 10.6. The fraction of sp³-hybridized carbons (Fsp3) is 0.0769. The van der Waals surface area contributed by atoms with Crippen LogP contribution in [0.2, 0.25) is 5.02 Å². The summed E-state index contributed by atoms with van der Waals surface area (Å²) >= 11 is 13.7. The van der Waals surface area contributed by atoms with Crippen LogP contribution in [-0.2, 0) is 9.59 Å². The van der Waals surface area contributed by atoms with Crippen LogP contribution < -0.4 is 9.68 Å². The van der Waals surface area contributed by atoms with Gasteiger partial charge in [0.25, 0.3) is 5.91 Å². The highest BCUT2D eigenvalue weighted by Gasteiger charge is 2.32. The summed E-state index contributed by atoms with van der Waals surface area (Å²) in [6.07, 6.45) is 1.50. The van der Waals surface area contributed by atoms with Crippen LogP contribution in [-0.4, -0.2) is 27.6 Å². The quantitative estimate of drug-likeness (QED) is 0.113. The fourth-order valence-corrected chi connectivity index (χ4v) is 6.06. The summed E-state index contributed by atoms with van der Waals surface area (Å²) in [4.78, 5) is 38.8. The Morgan fingerprint density at radius 3 is 2.62 bits per heavy atom. The van der Waals surface area contributed by atoms with Gasteiger partial charge in [-0.25, -0.2) is 9.18 Å². The lowest BCUT2D eigenvalue weighted by Crippen LogP contribution is -2.31. The molecule has 0 radical (unpaired) electrons. The second-order valence-corrected chi connectivity index (χ2v) is 10.8. The fourth-order valence-electron chi connectivity index (χ4n) is 3.71. The smallest absolute Gasteiger partial charge is 0.396 e. The molecule has 0 unspecified atom stereocenters. The van der Waals surface area contributed by atoms with E-state index in [1.807, 2.05) is 0 Å². The van der Waals surface area contributed by atoms with Crippen molar-refractivity contribution >= 4 is 79.5 Å². The van der Waals surface area contributed by atoms with Crippen molar-refractivity contribution in [1.29, 1.82) is 0 Å². The summed E-state index contributed by atoms with van der Waals surface area (Å²) < 4.78 is 24.9. The van der Waals surface area contributed by atoms with Crippen molar-refractivity contribution in [2.45, 2.75) is 6.42 Å². The highest BCUT2D eigenvalue weighted by atomic mass is 35.5. The lowest BCUT2D eigenvalue weighted by atomic mass is 10.0. The van der Waals surface area contributed by atoms with Gasteiger partial charge in [-0.3, -0.25) is 14.5 Å². The molecular weight excluding hydrogens is 557 g/mol. The number of ether oxygens (including phenoxy) is 1. The molecule has 0 N–H and O–H groups in total. The SMILES string of the molecule is O=C(CCN1C(=O)/C(=C\c2ccc(F)cc2)SC1=S)Oc1ccc2oc(=O)sc2c1-c1ccccc1Cl. The zero-order valence-electron chi connectivity index (χ0n) is 18.7. The van der Waals surface area contributed by atoms with Crippen molar-refractivity contribution in [3.8, 4) is 16.9 Å². The van der Waals surface area contributed by atoms with Gasteiger partial charge in [0.15, 0.2) is 0 Å². The number of halogens is 2. The number of rotatable bonds is 6. The lowest BCUT2D eigenvalue weighted by molar-refractivity contribution is -0.134. The summed E-state index contributed by atoms with van der Waals surface area (Å²) in [6.45, 7) is 0.0208. The zero-order chi connectivity index (χ0) is 26.1. The van der Waals surface area contributed by atoms with Crippen molar-refractivity contribution in [1.82, 2.24) is 4.90 Å². The third-order valence-corrected chi connectivity index (χ3v) is 7.98. The molecule has 37 heavy (non-hydrogen) atoms. The molecule has 0 saturated carbocycles. The monoisotopic (exact) mass is 571 g/mol. The molecule has 0 atom stereocenters. The number of amides is 1. The molecule has 1 aromatic heterocycles. The normalized spacial score (nSPS) is 14.6. The van der Waals surface area contributed by atoms with E-state index in [1.54, 1.807) is 54.6 Å². The first kappa shape index (κ1) is 25.3. The molecular formula is C26H15ClFNO5S3. The van der Waals surface area contributed by atoms with Gasteiger partial charge in [0, 0.05) is 22.7 Å². The number of thiocarbonyl (C=S) groups is 1. The molecule has 1 fully saturated rings. The zero-order valence-corrected chi connectivity index (χ0v) is 21.9. The Bertz CT molecular complexity index is 1640. The summed E-state index contributed by atoms with van der Waals surface area (Å²) in [5.74, 6) is -1.10. The van der Waals surface area contributed by atoms with Gasteiger partial charge in [-0.15, -0.1) is 0 Å². The van der Waals surface area contributed by atoms with Gasteiger partial charge in [0.2, 0.25) is 0 Å². The number of hydrogen-bond donors (Lipinski definition) is 0. The van der Waals surface area contributed by atoms with Gasteiger partial charge < -0.3 is 9.15 Å². The molecule has 11 heteroatoms. The van der Waals surface area contributed by atoms with E-state index < -0.39 is 10.9 Å². The number of nitrogens with zero attached hydrogens (tertiary/aromatic N) is 1. The minimum absolute atomic E-state index is 0.0208. The first-order valence-corrected chi connectivity index (χ1v) is 13.3. The number of hydrogen-bond acceptors (Lipinski definition) is 8. The Labute approximate surface area is 228 Å². The number of fused-ring (bicyclic) bond motifs is 1. The van der Waals surface area contributed by atoms with Crippen molar-refractivity contribution in [2.75, 3.05) is 6.54 Å². The van der Waals surface area contributed by atoms with E-state index >= 15 is 0 Å². The van der Waals surface area contributed by atoms with E-state index in [0.29, 0.717) is 41.2 Å². The molecule has 1 aliphatic rings. The molecule has 5 rings (SSSR count). The standard InChI is InChI=1S/C26H15ClFNO5S3/c27-17-4-2-1-3-16(17)22-18(9-10-19-23(22)37-26(32)34-19)33-21(30)11-12-29-24(31)20(36-25(29)35)13-14-5-7-15(28)8-6-14/h1-10,13H,11-12H2/b20-13+. The summed E-state index contributed by atoms with van der Waals surface area (Å²) in [6, 6.07) is 15.8. The summed E-state index contributed by atoms with van der Waals surface area (Å²) in [7, 11) is 0. The van der Waals surface area contributed by atoms with E-state index in [1.165, 1.54) is 17.0 Å². The van der Waals surface area contributed by atoms with Gasteiger partial charge >= 0.3 is 10.9 Å². The average molecular weight is 572 g/mol. The predicted octanol–water partition coefficient (Wildman–Crippen LogP) is 6.51. The van der Waals surface area contributed by atoms with Crippen molar-refractivity contribution < 1.29 is 23.1 Å². The van der Waals surface area contributed by atoms with Gasteiger partial charge in [-0.2, -0.15) is 0 Å². The van der Waals surface area contributed by atoms with E-state index in [-0.39, 0.29) is 30.4 Å². The van der Waals surface area contributed by atoms with E-state index in [4.69, 9.17) is 33.0 Å². The Morgan fingerprint density at radius 2 is 1.86 bits per heavy atom. The number of carbonyl (C=O) groups is 2. The van der Waals surface area contributed by atoms with Crippen LogP contribution in [0.1, 0.15) is 12.0 Å². The second-order valence-electron chi connectivity index (χ2n) is 7.81. The Morgan fingerprint density at radius 1 is 1.11 bits per heavy atom. The van der Waals surface area contributed by atoms with Gasteiger partial charge in [-0.05, 0) is 42.0 Å². The predicted molar refractivity (Wildman–Crippen MR) is 147 cm³/mol. The minimum atomic E-state index is -0.597. The van der Waals surface area contributed by atoms with Crippen LogP contribution in [0.25, 0.3) is 27.5 Å². The molecule has 6 nitrogen and oxygen atoms in total. The maximum atomic E-state index is 13.2. The maximum Gasteiger partial charge on any atom is 0.396 e. The number of thioether (sulfide) groups is 1. The molecule has 1 amide bonds. The number of benzene rings is 3. The van der Waals surface area contributed by atoms with Gasteiger partial charge in [0.05, 0.1) is 16.0 Å². The highest BCUT2D eigenvalue weighted by Crippen LogP contribution is 2.42. The van der Waals surface area contributed by atoms with Gasteiger partial charge in [-0.1, -0.05) is 77.2 Å². The molecule has 1 aliphatic heterocycles. The molecule has 186 valence electrons. The topological polar surface area (TPSA) is 76.8 Å². The number of carbonyl (C=O) groups excluding carboxylic acids is 2. The maximum absolute atomic E-state index is 13.2. The first-order valence-electron chi connectivity index (χ1n) is 10.8. The van der Waals surface area contributed by atoms with Crippen LogP contribution in [0.3, 0.4) is 0 Å². The molecule has 1 saturated heterocycles. The Kier molecular flexibility index (Phi) is 7.25. The lowest BCUT2D eigenvalue weighted by Gasteiger charge is -2.15. The van der Waals surface area contributed by atoms with Crippen LogP contribution in [0.4, 0.5) is 4.39 Å². The van der Waals surface area contributed by atoms with Crippen LogP contribution in [0, 0.1) is 5.82 Å². The molecule has 0 spiro atoms. The summed E-state index contributed by atoms with van der Waals surface area (Å²) in [5.41, 5.74) is 2.07. The molecule has 3 aromatic carbocycles. The average Bonchev–Trinajstić information content (AvgIpc) is 3.37. The highest BCUT2D eigenvalue weighted by molar-refractivity contribution is 8.26. The van der Waals surface area contributed by atoms with E-state index in [9.17, 15) is 18.8 Å². The molecule has 4 aromatic rings. The third kappa shape index (κ3) is 5.37. The van der Waals surface area contributed by atoms with Crippen molar-refractivity contribution in [2.24, 2.45) is 0 Å². The van der Waals surface area contributed by atoms with Gasteiger partial charge in [0.1, 0.15) is 21.5 Å². The number of esters is 1. The van der Waals surface area contributed by atoms with Crippen LogP contribution >= 0.6 is 46.9 Å². The first-order chi connectivity index (χ1) is 17.8.